The molecule has 2 spiro atoms. The van der Waals surface area contributed by atoms with Crippen molar-refractivity contribution in [2.45, 2.75) is 69.9 Å². The van der Waals surface area contributed by atoms with Crippen molar-refractivity contribution in [1.82, 2.24) is 0 Å². The number of aliphatic hydroxyl groups excluding tert-OH is 2. The van der Waals surface area contributed by atoms with Gasteiger partial charge in [-0.15, -0.1) is 0 Å². The number of Topliss-reactive ketones (excluding diaryl/α,β-unsaturated/α-hetero) is 1. The molecule has 4 aliphatic heterocycles. The van der Waals surface area contributed by atoms with E-state index in [2.05, 4.69) is 20.4 Å². The Labute approximate surface area is 152 Å². The molecule has 142 valence electrons. The minimum Gasteiger partial charge on any atom is -0.393 e. The van der Waals surface area contributed by atoms with Crippen LogP contribution < -0.4 is 0 Å². The molecule has 0 aromatic rings. The van der Waals surface area contributed by atoms with Crippen molar-refractivity contribution < 1.29 is 29.6 Å². The Balaban J connectivity index is 1.70. The molecule has 6 nitrogen and oxygen atoms in total. The summed E-state index contributed by atoms with van der Waals surface area (Å²) in [6.07, 6.45) is -0.195. The first-order valence-corrected chi connectivity index (χ1v) is 9.79. The van der Waals surface area contributed by atoms with Gasteiger partial charge in [0.25, 0.3) is 0 Å². The minimum absolute atomic E-state index is 0.249. The Morgan fingerprint density at radius 1 is 1.19 bits per heavy atom. The predicted octanol–water partition coefficient (Wildman–Crippen LogP) is 0.740. The van der Waals surface area contributed by atoms with Gasteiger partial charge in [0.1, 0.15) is 11.5 Å². The average molecular weight is 362 g/mol. The zero-order valence-electron chi connectivity index (χ0n) is 15.1. The molecule has 4 saturated carbocycles. The molecule has 26 heavy (non-hydrogen) atoms. The third-order valence-electron chi connectivity index (χ3n) is 9.04. The summed E-state index contributed by atoms with van der Waals surface area (Å²) in [4.78, 5) is 13.5. The highest BCUT2D eigenvalue weighted by Gasteiger charge is 2.92. The Kier molecular flexibility index (Phi) is 2.57. The number of aliphatic hydroxyl groups is 3. The summed E-state index contributed by atoms with van der Waals surface area (Å²) in [5.74, 6) is -3.38. The Hall–Kier alpha value is -0.790. The molecule has 7 bridgehead atoms. The highest BCUT2D eigenvalue weighted by molar-refractivity contribution is 6.05. The molecule has 8 aliphatic rings. The second-order valence-corrected chi connectivity index (χ2v) is 10.2. The van der Waals surface area contributed by atoms with E-state index in [1.54, 1.807) is 0 Å². The van der Waals surface area contributed by atoms with Crippen molar-refractivity contribution in [2.24, 2.45) is 34.0 Å². The number of ether oxygens (including phenoxy) is 2. The van der Waals surface area contributed by atoms with Crippen LogP contribution in [0.25, 0.3) is 0 Å². The average Bonchev–Trinajstić information content (AvgIpc) is 2.70. The third-order valence-corrected chi connectivity index (χ3v) is 9.04. The highest BCUT2D eigenvalue weighted by Crippen LogP contribution is 2.81. The van der Waals surface area contributed by atoms with E-state index in [-0.39, 0.29) is 23.0 Å². The van der Waals surface area contributed by atoms with E-state index < -0.39 is 47.1 Å². The molecule has 8 fully saturated rings. The third kappa shape index (κ3) is 1.21. The largest absolute Gasteiger partial charge is 0.393 e. The van der Waals surface area contributed by atoms with Crippen LogP contribution in [-0.4, -0.2) is 51.5 Å². The SMILES string of the molecule is C=C1C(=O)[C@]23[C@H]4O[C@H]5O[C@]2(O)[C@@H](O)[C@@H]2C(C)(C)CCC[C@]52[C@@H]3[C@@H](O)C[C@@H]14. The number of ketones is 1. The Bertz CT molecular complexity index is 761. The molecule has 0 amide bonds. The van der Waals surface area contributed by atoms with Gasteiger partial charge in [0.2, 0.25) is 5.79 Å². The van der Waals surface area contributed by atoms with Gasteiger partial charge in [-0.05, 0) is 30.3 Å². The van der Waals surface area contributed by atoms with E-state index in [9.17, 15) is 20.1 Å². The lowest BCUT2D eigenvalue weighted by Gasteiger charge is -2.79. The van der Waals surface area contributed by atoms with Crippen molar-refractivity contribution in [1.29, 1.82) is 0 Å². The summed E-state index contributed by atoms with van der Waals surface area (Å²) in [6.45, 7) is 8.16. The van der Waals surface area contributed by atoms with Crippen molar-refractivity contribution in [3.05, 3.63) is 12.2 Å². The van der Waals surface area contributed by atoms with E-state index in [1.165, 1.54) is 0 Å². The van der Waals surface area contributed by atoms with Crippen LogP contribution in [0.4, 0.5) is 0 Å². The molecule has 10 atom stereocenters. The van der Waals surface area contributed by atoms with Gasteiger partial charge >= 0.3 is 0 Å². The number of hydrogen-bond acceptors (Lipinski definition) is 6. The number of carbonyl (C=O) groups is 1. The van der Waals surface area contributed by atoms with Crippen LogP contribution in [0.3, 0.4) is 0 Å². The minimum atomic E-state index is -2.03. The maximum Gasteiger partial charge on any atom is 0.211 e. The lowest BCUT2D eigenvalue weighted by Crippen LogP contribution is -2.91. The molecule has 0 aromatic heterocycles. The van der Waals surface area contributed by atoms with Gasteiger partial charge in [0.05, 0.1) is 12.2 Å². The smallest absolute Gasteiger partial charge is 0.211 e. The van der Waals surface area contributed by atoms with Gasteiger partial charge in [0.15, 0.2) is 12.1 Å². The Morgan fingerprint density at radius 2 is 1.92 bits per heavy atom. The van der Waals surface area contributed by atoms with Crippen LogP contribution in [0.15, 0.2) is 12.2 Å². The molecular formula is C20H26O6. The zero-order chi connectivity index (χ0) is 18.4. The summed E-state index contributed by atoms with van der Waals surface area (Å²) < 4.78 is 12.3. The molecule has 0 aromatic carbocycles. The second-order valence-electron chi connectivity index (χ2n) is 10.2. The topological polar surface area (TPSA) is 96.2 Å². The van der Waals surface area contributed by atoms with Gasteiger partial charge in [-0.2, -0.15) is 0 Å². The second kappa shape index (κ2) is 4.13. The van der Waals surface area contributed by atoms with Crippen molar-refractivity contribution in [3.8, 4) is 0 Å². The number of carbonyl (C=O) groups excluding carboxylic acids is 1. The first kappa shape index (κ1) is 16.2. The lowest BCUT2D eigenvalue weighted by molar-refractivity contribution is -0.554. The Morgan fingerprint density at radius 3 is 2.65 bits per heavy atom. The van der Waals surface area contributed by atoms with Crippen LogP contribution in [0.5, 0.6) is 0 Å². The maximum absolute atomic E-state index is 13.5. The van der Waals surface area contributed by atoms with Crippen molar-refractivity contribution >= 4 is 5.78 Å². The quantitative estimate of drug-likeness (QED) is 0.550. The predicted molar refractivity (Wildman–Crippen MR) is 88.4 cm³/mol. The summed E-state index contributed by atoms with van der Waals surface area (Å²) in [5, 5.41) is 34.3. The van der Waals surface area contributed by atoms with Gasteiger partial charge in [-0.1, -0.05) is 26.8 Å². The van der Waals surface area contributed by atoms with Crippen molar-refractivity contribution in [3.63, 3.8) is 0 Å². The monoisotopic (exact) mass is 362 g/mol. The molecule has 0 radical (unpaired) electrons. The first-order chi connectivity index (χ1) is 12.1. The van der Waals surface area contributed by atoms with Crippen LogP contribution in [0, 0.1) is 34.0 Å². The molecule has 8 rings (SSSR count). The summed E-state index contributed by atoms with van der Waals surface area (Å²) in [5.41, 5.74) is -1.95. The molecule has 4 saturated heterocycles. The van der Waals surface area contributed by atoms with E-state index in [1.807, 2.05) is 0 Å². The van der Waals surface area contributed by atoms with Gasteiger partial charge in [-0.25, -0.2) is 0 Å². The normalized spacial score (nSPS) is 64.0. The van der Waals surface area contributed by atoms with Gasteiger partial charge in [0, 0.05) is 23.2 Å². The summed E-state index contributed by atoms with van der Waals surface area (Å²) in [6, 6.07) is 0. The fraction of sp³-hybridized carbons (Fsp3) is 0.850. The van der Waals surface area contributed by atoms with Crippen LogP contribution in [-0.2, 0) is 14.3 Å². The van der Waals surface area contributed by atoms with E-state index in [0.29, 0.717) is 12.0 Å². The standard InChI is InChI=1S/C20H26O6/c1-8-9-7-10(21)11-18-6-4-5-17(2,3)12(18)14(23)20(24)19(11,13(8)22)15(9)25-16(18)26-20/h9-12,14-16,21,23-24H,1,4-7H2,2-3H3/t9-,10-,11-,12+,14-,15-,16-,18+,19+,20+/m0/s1. The van der Waals surface area contributed by atoms with Gasteiger partial charge < -0.3 is 24.8 Å². The van der Waals surface area contributed by atoms with Gasteiger partial charge in [-0.3, -0.25) is 4.79 Å². The zero-order valence-corrected chi connectivity index (χ0v) is 15.1. The van der Waals surface area contributed by atoms with E-state index in [0.717, 1.165) is 19.3 Å². The highest BCUT2D eigenvalue weighted by atomic mass is 16.8. The molecule has 6 heteroatoms. The van der Waals surface area contributed by atoms with E-state index >= 15 is 0 Å². The van der Waals surface area contributed by atoms with Crippen LogP contribution in [0.2, 0.25) is 0 Å². The molecule has 4 heterocycles. The fourth-order valence-electron chi connectivity index (χ4n) is 8.49. The molecule has 3 N–H and O–H groups in total. The molecule has 0 unspecified atom stereocenters. The number of hydrogen-bond donors (Lipinski definition) is 3. The molecular weight excluding hydrogens is 336 g/mol. The maximum atomic E-state index is 13.5. The summed E-state index contributed by atoms with van der Waals surface area (Å²) in [7, 11) is 0. The fourth-order valence-corrected chi connectivity index (χ4v) is 8.49. The van der Waals surface area contributed by atoms with Crippen LogP contribution in [0.1, 0.15) is 39.5 Å². The summed E-state index contributed by atoms with van der Waals surface area (Å²) >= 11 is 0. The van der Waals surface area contributed by atoms with Crippen LogP contribution >= 0.6 is 0 Å². The van der Waals surface area contributed by atoms with E-state index in [4.69, 9.17) is 9.47 Å². The number of rotatable bonds is 0. The first-order valence-electron chi connectivity index (χ1n) is 9.79. The molecule has 4 aliphatic carbocycles. The lowest BCUT2D eigenvalue weighted by atomic mass is 9.34. The van der Waals surface area contributed by atoms with Crippen molar-refractivity contribution in [2.75, 3.05) is 0 Å².